The first-order chi connectivity index (χ1) is 9.70. The van der Waals surface area contributed by atoms with Crippen LogP contribution in [-0.4, -0.2) is 22.0 Å². The van der Waals surface area contributed by atoms with Crippen LogP contribution in [0.5, 0.6) is 0 Å². The standard InChI is InChI=1S/C13H12ClN3O.C2H6/c1-8-10(9-2-4-15-5-3-9)11(14)12-13(18)16-6-7-17(8)12;1-2/h2-5H,6-7H2,1H3,(H,16,18);1-2H3. The summed E-state index contributed by atoms with van der Waals surface area (Å²) in [4.78, 5) is 15.9. The third kappa shape index (κ3) is 2.31. The lowest BCUT2D eigenvalue weighted by Crippen LogP contribution is -2.35. The SMILES string of the molecule is CC.Cc1c(-c2ccncc2)c(Cl)c2n1CCNC2=O. The van der Waals surface area contributed by atoms with Crippen LogP contribution in [0, 0.1) is 6.92 Å². The second kappa shape index (κ2) is 6.09. The van der Waals surface area contributed by atoms with Gasteiger partial charge in [0.05, 0.1) is 5.02 Å². The second-order valence-electron chi connectivity index (χ2n) is 4.27. The normalized spacial score (nSPS) is 13.1. The van der Waals surface area contributed by atoms with Crippen molar-refractivity contribution in [1.82, 2.24) is 14.9 Å². The van der Waals surface area contributed by atoms with Crippen molar-refractivity contribution >= 4 is 17.5 Å². The van der Waals surface area contributed by atoms with Crippen LogP contribution in [0.25, 0.3) is 11.1 Å². The largest absolute Gasteiger partial charge is 0.349 e. The summed E-state index contributed by atoms with van der Waals surface area (Å²) in [5, 5.41) is 3.34. The number of halogens is 1. The molecular weight excluding hydrogens is 274 g/mol. The van der Waals surface area contributed by atoms with Gasteiger partial charge in [-0.25, -0.2) is 0 Å². The molecule has 20 heavy (non-hydrogen) atoms. The second-order valence-corrected chi connectivity index (χ2v) is 4.64. The predicted molar refractivity (Wildman–Crippen MR) is 81.1 cm³/mol. The molecular formula is C15H18ClN3O. The molecule has 0 aromatic carbocycles. The van der Waals surface area contributed by atoms with Crippen LogP contribution in [0.3, 0.4) is 0 Å². The van der Waals surface area contributed by atoms with Gasteiger partial charge in [0.1, 0.15) is 5.69 Å². The van der Waals surface area contributed by atoms with E-state index >= 15 is 0 Å². The molecule has 5 heteroatoms. The Labute approximate surface area is 123 Å². The first kappa shape index (κ1) is 14.6. The van der Waals surface area contributed by atoms with E-state index in [1.807, 2.05) is 37.5 Å². The molecule has 0 saturated carbocycles. The highest BCUT2D eigenvalue weighted by Crippen LogP contribution is 2.36. The highest BCUT2D eigenvalue weighted by molar-refractivity contribution is 6.36. The van der Waals surface area contributed by atoms with Gasteiger partial charge in [-0.15, -0.1) is 0 Å². The summed E-state index contributed by atoms with van der Waals surface area (Å²) >= 11 is 6.37. The summed E-state index contributed by atoms with van der Waals surface area (Å²) in [6.45, 7) is 7.40. The number of rotatable bonds is 1. The minimum Gasteiger partial charge on any atom is -0.349 e. The Balaban J connectivity index is 0.000000704. The van der Waals surface area contributed by atoms with E-state index in [-0.39, 0.29) is 5.91 Å². The average molecular weight is 292 g/mol. The molecule has 0 atom stereocenters. The molecule has 2 aromatic heterocycles. The van der Waals surface area contributed by atoms with E-state index in [9.17, 15) is 4.79 Å². The van der Waals surface area contributed by atoms with Gasteiger partial charge in [0, 0.05) is 36.7 Å². The van der Waals surface area contributed by atoms with E-state index in [0.717, 1.165) is 23.4 Å². The number of aromatic nitrogens is 2. The first-order valence-electron chi connectivity index (χ1n) is 6.77. The van der Waals surface area contributed by atoms with E-state index in [4.69, 9.17) is 11.6 Å². The Morgan fingerprint density at radius 3 is 2.55 bits per heavy atom. The lowest BCUT2D eigenvalue weighted by Gasteiger charge is -2.17. The third-order valence-electron chi connectivity index (χ3n) is 3.27. The molecule has 106 valence electrons. The molecule has 3 rings (SSSR count). The molecule has 1 N–H and O–H groups in total. The number of fused-ring (bicyclic) bond motifs is 1. The number of nitrogens with zero attached hydrogens (tertiary/aromatic N) is 2. The minimum absolute atomic E-state index is 0.102. The lowest BCUT2D eigenvalue weighted by atomic mass is 10.1. The van der Waals surface area contributed by atoms with Crippen molar-refractivity contribution in [2.75, 3.05) is 6.54 Å². The molecule has 3 heterocycles. The maximum Gasteiger partial charge on any atom is 0.269 e. The first-order valence-corrected chi connectivity index (χ1v) is 7.15. The topological polar surface area (TPSA) is 46.9 Å². The van der Waals surface area contributed by atoms with Gasteiger partial charge in [0.25, 0.3) is 5.91 Å². The Kier molecular flexibility index (Phi) is 4.45. The molecule has 0 aliphatic carbocycles. The van der Waals surface area contributed by atoms with Gasteiger partial charge < -0.3 is 9.88 Å². The van der Waals surface area contributed by atoms with Gasteiger partial charge in [-0.05, 0) is 24.6 Å². The molecule has 0 bridgehead atoms. The van der Waals surface area contributed by atoms with Crippen LogP contribution in [0.2, 0.25) is 5.02 Å². The zero-order valence-electron chi connectivity index (χ0n) is 11.9. The monoisotopic (exact) mass is 291 g/mol. The summed E-state index contributed by atoms with van der Waals surface area (Å²) in [7, 11) is 0. The number of pyridine rings is 1. The smallest absolute Gasteiger partial charge is 0.269 e. The average Bonchev–Trinajstić information content (AvgIpc) is 2.75. The summed E-state index contributed by atoms with van der Waals surface area (Å²) in [6.07, 6.45) is 3.45. The highest BCUT2D eigenvalue weighted by Gasteiger charge is 2.27. The molecule has 0 fully saturated rings. The summed E-state index contributed by atoms with van der Waals surface area (Å²) < 4.78 is 1.98. The fourth-order valence-corrected chi connectivity index (χ4v) is 2.85. The predicted octanol–water partition coefficient (Wildman–Crippen LogP) is 3.28. The van der Waals surface area contributed by atoms with Crippen molar-refractivity contribution in [3.63, 3.8) is 0 Å². The zero-order valence-corrected chi connectivity index (χ0v) is 12.7. The molecule has 0 saturated heterocycles. The van der Waals surface area contributed by atoms with Crippen LogP contribution >= 0.6 is 11.6 Å². The van der Waals surface area contributed by atoms with Gasteiger partial charge in [0.15, 0.2) is 0 Å². The number of hydrogen-bond acceptors (Lipinski definition) is 2. The molecule has 1 aliphatic rings. The fraction of sp³-hybridized carbons (Fsp3) is 0.333. The molecule has 4 nitrogen and oxygen atoms in total. The Bertz CT molecular complexity index is 620. The van der Waals surface area contributed by atoms with Gasteiger partial charge >= 0.3 is 0 Å². The van der Waals surface area contributed by atoms with Crippen molar-refractivity contribution in [1.29, 1.82) is 0 Å². The molecule has 0 unspecified atom stereocenters. The number of nitrogens with one attached hydrogen (secondary N) is 1. The Hall–Kier alpha value is -1.81. The van der Waals surface area contributed by atoms with Crippen molar-refractivity contribution in [3.05, 3.63) is 40.9 Å². The highest BCUT2D eigenvalue weighted by atomic mass is 35.5. The van der Waals surface area contributed by atoms with Crippen molar-refractivity contribution in [3.8, 4) is 11.1 Å². The van der Waals surface area contributed by atoms with Crippen LogP contribution in [0.15, 0.2) is 24.5 Å². The van der Waals surface area contributed by atoms with E-state index in [1.54, 1.807) is 12.4 Å². The van der Waals surface area contributed by atoms with E-state index < -0.39 is 0 Å². The summed E-state index contributed by atoms with van der Waals surface area (Å²) in [6, 6.07) is 3.80. The third-order valence-corrected chi connectivity index (χ3v) is 3.64. The fourth-order valence-electron chi connectivity index (χ4n) is 2.42. The molecule has 0 spiro atoms. The number of amides is 1. The van der Waals surface area contributed by atoms with Gasteiger partial charge in [-0.1, -0.05) is 25.4 Å². The maximum atomic E-state index is 11.9. The van der Waals surface area contributed by atoms with Gasteiger partial charge in [-0.3, -0.25) is 9.78 Å². The molecule has 0 radical (unpaired) electrons. The van der Waals surface area contributed by atoms with Crippen molar-refractivity contribution < 1.29 is 4.79 Å². The van der Waals surface area contributed by atoms with E-state index in [2.05, 4.69) is 10.3 Å². The Morgan fingerprint density at radius 2 is 1.95 bits per heavy atom. The van der Waals surface area contributed by atoms with Crippen molar-refractivity contribution in [2.24, 2.45) is 0 Å². The summed E-state index contributed by atoms with van der Waals surface area (Å²) in [5.74, 6) is -0.102. The minimum atomic E-state index is -0.102. The quantitative estimate of drug-likeness (QED) is 0.876. The molecule has 1 amide bonds. The number of hydrogen-bond donors (Lipinski definition) is 1. The Morgan fingerprint density at radius 1 is 1.30 bits per heavy atom. The molecule has 2 aromatic rings. The zero-order chi connectivity index (χ0) is 14.7. The van der Waals surface area contributed by atoms with E-state index in [1.165, 1.54) is 0 Å². The van der Waals surface area contributed by atoms with Gasteiger partial charge in [-0.2, -0.15) is 0 Å². The van der Waals surface area contributed by atoms with Crippen LogP contribution < -0.4 is 5.32 Å². The van der Waals surface area contributed by atoms with Gasteiger partial charge in [0.2, 0.25) is 0 Å². The van der Waals surface area contributed by atoms with Crippen LogP contribution in [0.4, 0.5) is 0 Å². The lowest BCUT2D eigenvalue weighted by molar-refractivity contribution is 0.0927. The van der Waals surface area contributed by atoms with E-state index in [0.29, 0.717) is 17.3 Å². The number of carbonyl (C=O) groups excluding carboxylic acids is 1. The molecule has 1 aliphatic heterocycles. The maximum absolute atomic E-state index is 11.9. The van der Waals surface area contributed by atoms with Crippen LogP contribution in [-0.2, 0) is 6.54 Å². The summed E-state index contributed by atoms with van der Waals surface area (Å²) in [5.41, 5.74) is 3.50. The van der Waals surface area contributed by atoms with Crippen molar-refractivity contribution in [2.45, 2.75) is 27.3 Å². The number of carbonyl (C=O) groups is 1. The van der Waals surface area contributed by atoms with Crippen LogP contribution in [0.1, 0.15) is 30.0 Å².